The Balaban J connectivity index is 2.27. The third-order valence-corrected chi connectivity index (χ3v) is 3.75. The van der Waals surface area contributed by atoms with E-state index in [4.69, 9.17) is 0 Å². The average molecular weight is 234 g/mol. The minimum absolute atomic E-state index is 0.313. The number of benzene rings is 1. The van der Waals surface area contributed by atoms with Crippen LogP contribution in [0, 0.1) is 13.8 Å². The van der Waals surface area contributed by atoms with Gasteiger partial charge in [-0.05, 0) is 30.5 Å². The van der Waals surface area contributed by atoms with Gasteiger partial charge in [-0.25, -0.2) is 0 Å². The first-order valence-corrected chi connectivity index (χ1v) is 6.11. The van der Waals surface area contributed by atoms with Gasteiger partial charge in [0.25, 0.3) is 0 Å². The van der Waals surface area contributed by atoms with Crippen LogP contribution in [0.2, 0.25) is 0 Å². The molecule has 2 rings (SSSR count). The first-order valence-electron chi connectivity index (χ1n) is 5.66. The molecule has 3 heteroatoms. The Kier molecular flexibility index (Phi) is 3.24. The summed E-state index contributed by atoms with van der Waals surface area (Å²) in [6.45, 7) is 7.48. The van der Waals surface area contributed by atoms with E-state index in [-0.39, 0.29) is 0 Å². The van der Waals surface area contributed by atoms with Gasteiger partial charge in [-0.1, -0.05) is 25.1 Å². The Morgan fingerprint density at radius 3 is 2.81 bits per heavy atom. The van der Waals surface area contributed by atoms with Gasteiger partial charge < -0.3 is 5.32 Å². The van der Waals surface area contributed by atoms with Crippen LogP contribution < -0.4 is 5.32 Å². The highest BCUT2D eigenvalue weighted by atomic mass is 32.1. The molecule has 0 aliphatic carbocycles. The van der Waals surface area contributed by atoms with Crippen molar-refractivity contribution < 1.29 is 0 Å². The zero-order chi connectivity index (χ0) is 11.7. The highest BCUT2D eigenvalue weighted by molar-refractivity contribution is 7.96. The van der Waals surface area contributed by atoms with E-state index in [0.717, 1.165) is 11.7 Å². The Labute approximate surface area is 103 Å². The third kappa shape index (κ3) is 2.09. The van der Waals surface area contributed by atoms with Gasteiger partial charge in [0.2, 0.25) is 0 Å². The van der Waals surface area contributed by atoms with Crippen LogP contribution in [-0.4, -0.2) is 17.8 Å². The molecular formula is C13H18N2S. The Morgan fingerprint density at radius 2 is 2.19 bits per heavy atom. The summed E-state index contributed by atoms with van der Waals surface area (Å²) in [6, 6.07) is 6.81. The summed E-state index contributed by atoms with van der Waals surface area (Å²) in [6.07, 6.45) is 0. The van der Waals surface area contributed by atoms with E-state index in [0.29, 0.717) is 12.0 Å². The summed E-state index contributed by atoms with van der Waals surface area (Å²) < 4.78 is 0. The van der Waals surface area contributed by atoms with Crippen molar-refractivity contribution in [3.63, 3.8) is 0 Å². The lowest BCUT2D eigenvalue weighted by Gasteiger charge is -2.19. The number of nitrogens with zero attached hydrogens (tertiary/aromatic N) is 1. The number of nitrogens with one attached hydrogen (secondary N) is 1. The van der Waals surface area contributed by atoms with Gasteiger partial charge in [0, 0.05) is 12.5 Å². The maximum Gasteiger partial charge on any atom is 0.153 e. The number of aryl methyl sites for hydroxylation is 1. The second-order valence-corrected chi connectivity index (χ2v) is 4.90. The van der Waals surface area contributed by atoms with Gasteiger partial charge in [-0.3, -0.25) is 4.99 Å². The predicted molar refractivity (Wildman–Crippen MR) is 72.5 cm³/mol. The number of rotatable bonds is 2. The van der Waals surface area contributed by atoms with Crippen molar-refractivity contribution >= 4 is 17.8 Å². The summed E-state index contributed by atoms with van der Waals surface area (Å²) >= 11 is 4.24. The molecule has 0 aromatic heterocycles. The first kappa shape index (κ1) is 11.5. The molecule has 16 heavy (non-hydrogen) atoms. The van der Waals surface area contributed by atoms with Crippen LogP contribution in [0.15, 0.2) is 23.2 Å². The van der Waals surface area contributed by atoms with Crippen molar-refractivity contribution in [3.05, 3.63) is 34.9 Å². The van der Waals surface area contributed by atoms with Crippen LogP contribution in [0.5, 0.6) is 0 Å². The van der Waals surface area contributed by atoms with Gasteiger partial charge in [0.05, 0.1) is 6.04 Å². The van der Waals surface area contributed by atoms with E-state index in [1.54, 1.807) is 0 Å². The van der Waals surface area contributed by atoms with Crippen LogP contribution in [0.1, 0.15) is 29.5 Å². The zero-order valence-corrected chi connectivity index (χ0v) is 10.9. The molecule has 86 valence electrons. The fourth-order valence-corrected chi connectivity index (χ4v) is 2.45. The fraction of sp³-hybridized carbons (Fsp3) is 0.462. The van der Waals surface area contributed by atoms with Crippen LogP contribution in [0.3, 0.4) is 0 Å². The summed E-state index contributed by atoms with van der Waals surface area (Å²) in [7, 11) is 0. The minimum atomic E-state index is 0.313. The van der Waals surface area contributed by atoms with E-state index < -0.39 is 0 Å². The molecule has 1 aromatic carbocycles. The second-order valence-electron chi connectivity index (χ2n) is 4.48. The lowest BCUT2D eigenvalue weighted by atomic mass is 9.89. The van der Waals surface area contributed by atoms with Crippen molar-refractivity contribution in [2.45, 2.75) is 32.7 Å². The normalized spacial score (nSPS) is 21.5. The van der Waals surface area contributed by atoms with Crippen molar-refractivity contribution in [1.29, 1.82) is 0 Å². The van der Waals surface area contributed by atoms with Crippen molar-refractivity contribution in [2.24, 2.45) is 4.99 Å². The molecule has 0 fully saturated rings. The monoisotopic (exact) mass is 234 g/mol. The van der Waals surface area contributed by atoms with E-state index in [1.807, 2.05) is 0 Å². The fourth-order valence-electron chi connectivity index (χ4n) is 2.21. The third-order valence-electron chi connectivity index (χ3n) is 3.47. The number of aliphatic imine (C=N–C) groups is 1. The zero-order valence-electron chi connectivity index (χ0n) is 9.99. The Hall–Kier alpha value is -0.960. The molecule has 0 saturated heterocycles. The highest BCUT2D eigenvalue weighted by Crippen LogP contribution is 2.27. The molecule has 0 bridgehead atoms. The van der Waals surface area contributed by atoms with Crippen LogP contribution in [-0.2, 0) is 0 Å². The molecule has 0 spiro atoms. The molecule has 1 N–H and O–H groups in total. The van der Waals surface area contributed by atoms with Gasteiger partial charge >= 0.3 is 0 Å². The Morgan fingerprint density at radius 1 is 1.44 bits per heavy atom. The molecule has 0 saturated carbocycles. The van der Waals surface area contributed by atoms with E-state index >= 15 is 0 Å². The quantitative estimate of drug-likeness (QED) is 0.755. The molecule has 2 atom stereocenters. The van der Waals surface area contributed by atoms with Crippen LogP contribution in [0.25, 0.3) is 0 Å². The summed E-state index contributed by atoms with van der Waals surface area (Å²) in [4.78, 5) is 4.51. The number of hydrogen-bond acceptors (Lipinski definition) is 2. The largest absolute Gasteiger partial charge is 0.363 e. The number of amidine groups is 1. The van der Waals surface area contributed by atoms with Crippen molar-refractivity contribution in [3.8, 4) is 0 Å². The molecule has 0 amide bonds. The number of thiol groups is 1. The van der Waals surface area contributed by atoms with E-state index in [2.05, 4.69) is 61.9 Å². The minimum Gasteiger partial charge on any atom is -0.363 e. The molecule has 0 radical (unpaired) electrons. The molecule has 1 aromatic rings. The maximum atomic E-state index is 4.51. The van der Waals surface area contributed by atoms with Crippen molar-refractivity contribution in [2.75, 3.05) is 6.54 Å². The van der Waals surface area contributed by atoms with Crippen LogP contribution >= 0.6 is 12.6 Å². The second kappa shape index (κ2) is 4.50. The topological polar surface area (TPSA) is 24.4 Å². The Bertz CT molecular complexity index is 426. The standard InChI is InChI=1S/C13H18N2S/c1-8-5-4-6-11(9(8)2)10(3)12-7-14-13(16)15-12/h4-6,10,12H,7H2,1-3H3,(H2,14,15,16)/t10-,12?/m0/s1. The van der Waals surface area contributed by atoms with Crippen LogP contribution in [0.4, 0.5) is 0 Å². The summed E-state index contributed by atoms with van der Waals surface area (Å²) in [5.74, 6) is 0.442. The summed E-state index contributed by atoms with van der Waals surface area (Å²) in [5.41, 5.74) is 4.14. The molecule has 1 aliphatic heterocycles. The summed E-state index contributed by atoms with van der Waals surface area (Å²) in [5, 5.41) is 3.93. The average Bonchev–Trinajstić information content (AvgIpc) is 2.68. The molecule has 1 unspecified atom stereocenters. The molecule has 1 aliphatic rings. The molecule has 1 heterocycles. The van der Waals surface area contributed by atoms with Gasteiger partial charge in [0.15, 0.2) is 5.17 Å². The smallest absolute Gasteiger partial charge is 0.153 e. The lowest BCUT2D eigenvalue weighted by molar-refractivity contribution is 0.585. The van der Waals surface area contributed by atoms with E-state index in [9.17, 15) is 0 Å². The van der Waals surface area contributed by atoms with Gasteiger partial charge in [-0.2, -0.15) is 0 Å². The maximum absolute atomic E-state index is 4.51. The van der Waals surface area contributed by atoms with E-state index in [1.165, 1.54) is 16.7 Å². The predicted octanol–water partition coefficient (Wildman–Crippen LogP) is 2.66. The number of hydrogen-bond donors (Lipinski definition) is 2. The van der Waals surface area contributed by atoms with Gasteiger partial charge in [-0.15, -0.1) is 12.6 Å². The van der Waals surface area contributed by atoms with Gasteiger partial charge in [0.1, 0.15) is 0 Å². The SMILES string of the molecule is Cc1cccc([C@H](C)C2CNC(S)=N2)c1C. The molecule has 2 nitrogen and oxygen atoms in total. The van der Waals surface area contributed by atoms with Crippen molar-refractivity contribution in [1.82, 2.24) is 5.32 Å². The highest BCUT2D eigenvalue weighted by Gasteiger charge is 2.23. The first-order chi connectivity index (χ1) is 7.59. The lowest BCUT2D eigenvalue weighted by Crippen LogP contribution is -2.22. The molecular weight excluding hydrogens is 216 g/mol.